The van der Waals surface area contributed by atoms with Gasteiger partial charge in [0.15, 0.2) is 0 Å². The molecule has 0 amide bonds. The molecule has 15 heavy (non-hydrogen) atoms. The van der Waals surface area contributed by atoms with Gasteiger partial charge < -0.3 is 10.7 Å². The fourth-order valence-corrected chi connectivity index (χ4v) is 1.54. The molecule has 2 aromatic rings. The minimum atomic E-state index is 0.391. The summed E-state index contributed by atoms with van der Waals surface area (Å²) in [6, 6.07) is 9.33. The van der Waals surface area contributed by atoms with Crippen molar-refractivity contribution in [2.75, 3.05) is 5.73 Å². The van der Waals surface area contributed by atoms with Crippen LogP contribution in [0.3, 0.4) is 0 Å². The Hall–Kier alpha value is -1.92. The molecule has 0 radical (unpaired) electrons. The van der Waals surface area contributed by atoms with Crippen LogP contribution in [0.5, 0.6) is 0 Å². The van der Waals surface area contributed by atoms with Crippen LogP contribution in [0.2, 0.25) is 5.02 Å². The van der Waals surface area contributed by atoms with E-state index in [4.69, 9.17) is 22.6 Å². The summed E-state index contributed by atoms with van der Waals surface area (Å²) in [6.45, 7) is 0. The fourth-order valence-electron chi connectivity index (χ4n) is 1.42. The molecule has 0 aliphatic heterocycles. The molecule has 3 N–H and O–H groups in total. The first-order valence-electron chi connectivity index (χ1n) is 4.35. The third-order valence-electron chi connectivity index (χ3n) is 2.18. The summed E-state index contributed by atoms with van der Waals surface area (Å²) in [5.74, 6) is 0.391. The number of nitrogens with one attached hydrogen (secondary N) is 1. The van der Waals surface area contributed by atoms with Crippen LogP contribution in [0.25, 0.3) is 11.1 Å². The highest BCUT2D eigenvalue weighted by molar-refractivity contribution is 6.30. The molecule has 1 aromatic heterocycles. The molecule has 0 spiro atoms. The Morgan fingerprint density at radius 1 is 1.27 bits per heavy atom. The first-order chi connectivity index (χ1) is 7.22. The van der Waals surface area contributed by atoms with Crippen LogP contribution in [-0.4, -0.2) is 4.98 Å². The van der Waals surface area contributed by atoms with Crippen LogP contribution >= 0.6 is 11.6 Å². The molecule has 1 aromatic carbocycles. The van der Waals surface area contributed by atoms with E-state index < -0.39 is 0 Å². The zero-order valence-electron chi connectivity index (χ0n) is 7.79. The van der Waals surface area contributed by atoms with Gasteiger partial charge in [0.2, 0.25) is 0 Å². The van der Waals surface area contributed by atoms with Gasteiger partial charge in [-0.1, -0.05) is 23.7 Å². The minimum absolute atomic E-state index is 0.391. The molecule has 2 rings (SSSR count). The molecule has 0 saturated carbocycles. The Kier molecular flexibility index (Phi) is 2.36. The van der Waals surface area contributed by atoms with E-state index in [0.717, 1.165) is 11.1 Å². The molecule has 0 aliphatic rings. The Labute approximate surface area is 92.1 Å². The van der Waals surface area contributed by atoms with E-state index in [2.05, 4.69) is 11.1 Å². The normalized spacial score (nSPS) is 9.87. The number of rotatable bonds is 1. The maximum atomic E-state index is 8.93. The van der Waals surface area contributed by atoms with E-state index in [-0.39, 0.29) is 0 Å². The summed E-state index contributed by atoms with van der Waals surface area (Å²) in [6.07, 6.45) is 1.72. The van der Waals surface area contributed by atoms with Crippen molar-refractivity contribution in [3.63, 3.8) is 0 Å². The van der Waals surface area contributed by atoms with Crippen LogP contribution < -0.4 is 5.73 Å². The van der Waals surface area contributed by atoms with Crippen molar-refractivity contribution in [3.05, 3.63) is 41.0 Å². The second-order valence-corrected chi connectivity index (χ2v) is 3.55. The maximum Gasteiger partial charge on any atom is 0.119 e. The average molecular weight is 218 g/mol. The number of nitriles is 1. The van der Waals surface area contributed by atoms with Gasteiger partial charge in [-0.25, -0.2) is 0 Å². The molecule has 74 valence electrons. The van der Waals surface area contributed by atoms with E-state index in [1.54, 1.807) is 18.3 Å². The monoisotopic (exact) mass is 217 g/mol. The van der Waals surface area contributed by atoms with Crippen LogP contribution in [0.1, 0.15) is 5.56 Å². The van der Waals surface area contributed by atoms with Gasteiger partial charge in [0, 0.05) is 16.8 Å². The predicted molar refractivity (Wildman–Crippen MR) is 60.4 cm³/mol. The molecule has 1 heterocycles. The number of nitrogens with zero attached hydrogens (tertiary/aromatic N) is 1. The summed E-state index contributed by atoms with van der Waals surface area (Å²) in [4.78, 5) is 2.82. The van der Waals surface area contributed by atoms with Crippen LogP contribution in [0.15, 0.2) is 30.5 Å². The number of hydrogen-bond donors (Lipinski definition) is 2. The van der Waals surface area contributed by atoms with E-state index in [9.17, 15) is 0 Å². The van der Waals surface area contributed by atoms with Gasteiger partial charge in [-0.3, -0.25) is 0 Å². The second-order valence-electron chi connectivity index (χ2n) is 3.11. The highest BCUT2D eigenvalue weighted by Crippen LogP contribution is 2.27. The molecular formula is C11H8ClN3. The lowest BCUT2D eigenvalue weighted by Crippen LogP contribution is -1.87. The first-order valence-corrected chi connectivity index (χ1v) is 4.73. The van der Waals surface area contributed by atoms with Gasteiger partial charge in [0.05, 0.1) is 0 Å². The van der Waals surface area contributed by atoms with E-state index in [0.29, 0.717) is 16.4 Å². The van der Waals surface area contributed by atoms with E-state index >= 15 is 0 Å². The second kappa shape index (κ2) is 3.68. The number of nitrogens with two attached hydrogens (primary N) is 1. The molecule has 3 nitrogen and oxygen atoms in total. The topological polar surface area (TPSA) is 65.6 Å². The number of hydrogen-bond acceptors (Lipinski definition) is 2. The van der Waals surface area contributed by atoms with E-state index in [1.807, 2.05) is 12.1 Å². The van der Waals surface area contributed by atoms with Crippen molar-refractivity contribution in [2.24, 2.45) is 0 Å². The zero-order chi connectivity index (χ0) is 10.8. The number of H-pyrrole nitrogens is 1. The smallest absolute Gasteiger partial charge is 0.119 e. The average Bonchev–Trinajstić information content (AvgIpc) is 2.61. The number of benzene rings is 1. The van der Waals surface area contributed by atoms with Gasteiger partial charge in [-0.2, -0.15) is 5.26 Å². The summed E-state index contributed by atoms with van der Waals surface area (Å²) in [5, 5.41) is 9.60. The number of aromatic amines is 1. The van der Waals surface area contributed by atoms with Crippen molar-refractivity contribution >= 4 is 17.4 Å². The van der Waals surface area contributed by atoms with Crippen molar-refractivity contribution in [3.8, 4) is 17.2 Å². The Bertz CT molecular complexity index is 520. The minimum Gasteiger partial charge on any atom is -0.384 e. The number of nitrogen functional groups attached to an aromatic ring is 1. The SMILES string of the molecule is N#Cc1c(-c2ccc(Cl)cc2)c[nH]c1N. The summed E-state index contributed by atoms with van der Waals surface area (Å²) >= 11 is 5.78. The Morgan fingerprint density at radius 2 is 1.93 bits per heavy atom. The molecule has 0 fully saturated rings. The highest BCUT2D eigenvalue weighted by Gasteiger charge is 2.09. The van der Waals surface area contributed by atoms with Crippen LogP contribution in [0.4, 0.5) is 5.82 Å². The van der Waals surface area contributed by atoms with Gasteiger partial charge in [-0.05, 0) is 17.7 Å². The van der Waals surface area contributed by atoms with Crippen molar-refractivity contribution in [2.45, 2.75) is 0 Å². The standard InChI is InChI=1S/C11H8ClN3/c12-8-3-1-7(2-4-8)10-6-15-11(14)9(10)5-13/h1-4,6,15H,14H2. The van der Waals surface area contributed by atoms with Crippen molar-refractivity contribution in [1.29, 1.82) is 5.26 Å². The van der Waals surface area contributed by atoms with Gasteiger partial charge in [0.1, 0.15) is 17.5 Å². The zero-order valence-corrected chi connectivity index (χ0v) is 8.55. The third-order valence-corrected chi connectivity index (χ3v) is 2.43. The number of anilines is 1. The summed E-state index contributed by atoms with van der Waals surface area (Å²) in [5.41, 5.74) is 7.80. The molecule has 0 aliphatic carbocycles. The molecule has 0 atom stereocenters. The first kappa shape index (κ1) is 9.63. The number of halogens is 1. The molecule has 0 saturated heterocycles. The Balaban J connectivity index is 2.55. The van der Waals surface area contributed by atoms with Gasteiger partial charge in [-0.15, -0.1) is 0 Å². The molecular weight excluding hydrogens is 210 g/mol. The summed E-state index contributed by atoms with van der Waals surface area (Å²) in [7, 11) is 0. The lowest BCUT2D eigenvalue weighted by molar-refractivity contribution is 1.40. The maximum absolute atomic E-state index is 8.93. The summed E-state index contributed by atoms with van der Waals surface area (Å²) < 4.78 is 0. The van der Waals surface area contributed by atoms with Gasteiger partial charge >= 0.3 is 0 Å². The fraction of sp³-hybridized carbons (Fsp3) is 0. The van der Waals surface area contributed by atoms with Crippen LogP contribution in [-0.2, 0) is 0 Å². The molecule has 4 heteroatoms. The Morgan fingerprint density at radius 3 is 2.53 bits per heavy atom. The van der Waals surface area contributed by atoms with Crippen LogP contribution in [0, 0.1) is 11.3 Å². The molecule has 0 unspecified atom stereocenters. The number of aromatic nitrogens is 1. The lowest BCUT2D eigenvalue weighted by atomic mass is 10.1. The van der Waals surface area contributed by atoms with Gasteiger partial charge in [0.25, 0.3) is 0 Å². The third kappa shape index (κ3) is 1.67. The van der Waals surface area contributed by atoms with E-state index in [1.165, 1.54) is 0 Å². The largest absolute Gasteiger partial charge is 0.384 e. The quantitative estimate of drug-likeness (QED) is 0.772. The van der Waals surface area contributed by atoms with Crippen molar-refractivity contribution < 1.29 is 0 Å². The highest BCUT2D eigenvalue weighted by atomic mass is 35.5. The molecule has 0 bridgehead atoms. The van der Waals surface area contributed by atoms with Crippen molar-refractivity contribution in [1.82, 2.24) is 4.98 Å². The predicted octanol–water partition coefficient (Wildman–Crippen LogP) is 2.79. The lowest BCUT2D eigenvalue weighted by Gasteiger charge is -1.98.